The van der Waals surface area contributed by atoms with Gasteiger partial charge in [0.25, 0.3) is 0 Å². The number of piperazine rings is 1. The fraction of sp³-hybridized carbons (Fsp3) is 0.516. The maximum absolute atomic E-state index is 12.5. The van der Waals surface area contributed by atoms with Crippen LogP contribution in [0.5, 0.6) is 6.01 Å². The fourth-order valence-corrected chi connectivity index (χ4v) is 7.71. The van der Waals surface area contributed by atoms with Crippen LogP contribution in [0.15, 0.2) is 41.8 Å². The average molecular weight is 575 g/mol. The molecule has 4 atom stereocenters. The summed E-state index contributed by atoms with van der Waals surface area (Å²) in [5.41, 5.74) is 2.52. The number of hydrogen-bond acceptors (Lipinski definition) is 9. The molecule has 1 amide bonds. The minimum absolute atomic E-state index is 0.182. The predicted molar refractivity (Wildman–Crippen MR) is 160 cm³/mol. The molecule has 2 saturated heterocycles. The first-order chi connectivity index (χ1) is 19.9. The summed E-state index contributed by atoms with van der Waals surface area (Å²) in [6.07, 6.45) is 5.98. The first-order valence-electron chi connectivity index (χ1n) is 14.4. The van der Waals surface area contributed by atoms with Gasteiger partial charge in [0.2, 0.25) is 5.91 Å². The number of ether oxygens (including phenoxy) is 1. The van der Waals surface area contributed by atoms with Crippen molar-refractivity contribution in [1.82, 2.24) is 19.8 Å². The number of carbonyl (C=O) groups is 2. The zero-order valence-electron chi connectivity index (χ0n) is 23.9. The second kappa shape index (κ2) is 13.0. The molecule has 3 aliphatic rings. The Kier molecular flexibility index (Phi) is 9.25. The lowest BCUT2D eigenvalue weighted by molar-refractivity contribution is -0.128. The highest BCUT2D eigenvalue weighted by Gasteiger charge is 2.34. The smallest absolute Gasteiger partial charge is 0.319 e. The molecule has 41 heavy (non-hydrogen) atoms. The molecule has 216 valence electrons. The Labute approximate surface area is 246 Å². The van der Waals surface area contributed by atoms with Gasteiger partial charge in [-0.15, -0.1) is 11.8 Å². The molecule has 9 nitrogen and oxygen atoms in total. The van der Waals surface area contributed by atoms with Crippen molar-refractivity contribution in [2.45, 2.75) is 67.2 Å². The Morgan fingerprint density at radius 1 is 1.24 bits per heavy atom. The molecule has 4 heterocycles. The number of hydrogen-bond donors (Lipinski definition) is 0. The molecule has 10 heteroatoms. The van der Waals surface area contributed by atoms with Gasteiger partial charge in [0.1, 0.15) is 18.1 Å². The fourth-order valence-electron chi connectivity index (χ4n) is 6.25. The molecule has 0 N–H and O–H groups in total. The number of nitriles is 1. The number of benzene rings is 1. The van der Waals surface area contributed by atoms with Crippen LogP contribution in [0.25, 0.3) is 0 Å². The first-order valence-corrected chi connectivity index (χ1v) is 15.3. The molecule has 5 rings (SSSR count). The molecule has 0 saturated carbocycles. The number of aromatic nitrogens is 2. The minimum atomic E-state index is -0.307. The number of carbonyl (C=O) groups excluding carboxylic acids is 2. The third-order valence-electron chi connectivity index (χ3n) is 8.68. The van der Waals surface area contributed by atoms with E-state index >= 15 is 0 Å². The number of anilines is 1. The lowest BCUT2D eigenvalue weighted by Crippen LogP contribution is -2.55. The maximum Gasteiger partial charge on any atom is 0.319 e. The molecule has 3 unspecified atom stereocenters. The zero-order chi connectivity index (χ0) is 28.9. The van der Waals surface area contributed by atoms with E-state index in [4.69, 9.17) is 9.72 Å². The van der Waals surface area contributed by atoms with Crippen LogP contribution in [0.2, 0.25) is 0 Å². The van der Waals surface area contributed by atoms with Gasteiger partial charge in [0.05, 0.1) is 18.5 Å². The number of likely N-dealkylation sites (tertiary alicyclic amines) is 1. The van der Waals surface area contributed by atoms with E-state index in [1.165, 1.54) is 16.5 Å². The van der Waals surface area contributed by atoms with Gasteiger partial charge in [0, 0.05) is 41.4 Å². The van der Waals surface area contributed by atoms with Crippen LogP contribution in [-0.2, 0) is 11.2 Å². The largest absolute Gasteiger partial charge is 0.462 e. The van der Waals surface area contributed by atoms with Gasteiger partial charge in [-0.3, -0.25) is 9.59 Å². The molecule has 0 spiro atoms. The third-order valence-corrected chi connectivity index (χ3v) is 10.2. The van der Waals surface area contributed by atoms with Crippen LogP contribution in [-0.4, -0.2) is 89.1 Å². The van der Waals surface area contributed by atoms with Crippen molar-refractivity contribution in [3.8, 4) is 12.1 Å². The van der Waals surface area contributed by atoms with E-state index in [1.54, 1.807) is 4.90 Å². The molecular formula is C31H38N6O3S. The Hall–Kier alpha value is -3.42. The number of nitrogens with zero attached hydrogens (tertiary/aromatic N) is 6. The monoisotopic (exact) mass is 574 g/mol. The number of aldehydes is 1. The van der Waals surface area contributed by atoms with E-state index in [0.717, 1.165) is 37.7 Å². The van der Waals surface area contributed by atoms with Gasteiger partial charge in [0.15, 0.2) is 6.29 Å². The van der Waals surface area contributed by atoms with E-state index < -0.39 is 0 Å². The van der Waals surface area contributed by atoms with Crippen molar-refractivity contribution in [1.29, 1.82) is 5.26 Å². The second-order valence-electron chi connectivity index (χ2n) is 11.1. The van der Waals surface area contributed by atoms with Crippen molar-refractivity contribution >= 4 is 29.8 Å². The second-order valence-corrected chi connectivity index (χ2v) is 12.4. The number of amides is 1. The number of thioether (sulfide) groups is 1. The number of rotatable bonds is 10. The Morgan fingerprint density at radius 3 is 2.78 bits per heavy atom. The molecule has 1 aromatic heterocycles. The van der Waals surface area contributed by atoms with Gasteiger partial charge < -0.3 is 19.4 Å². The summed E-state index contributed by atoms with van der Waals surface area (Å²) < 4.78 is 6.09. The Balaban J connectivity index is 1.42. The molecular weight excluding hydrogens is 536 g/mol. The molecule has 0 radical (unpaired) electrons. The zero-order valence-corrected chi connectivity index (χ0v) is 24.7. The standard InChI is InChI=1S/C31H38N6O3S/c1-4-29(39)37-17-16-36(18-22(37)13-14-32)30-25(11-12-27-21(2)24-9-5-6-10-28(24)41-27)26(19-38)33-31(34-30)40-20-23-8-7-15-35(23)3/h4-6,9-10,19,21-23,27H,1,7-8,11-13,15-18,20H2,2-3H3/t21?,22?,23?,27-/m0/s1. The van der Waals surface area contributed by atoms with Crippen molar-refractivity contribution < 1.29 is 14.3 Å². The Morgan fingerprint density at radius 2 is 2.07 bits per heavy atom. The summed E-state index contributed by atoms with van der Waals surface area (Å²) in [5.74, 6) is 0.885. The summed E-state index contributed by atoms with van der Waals surface area (Å²) >= 11 is 1.90. The maximum atomic E-state index is 12.5. The van der Waals surface area contributed by atoms with Crippen LogP contribution in [0, 0.1) is 11.3 Å². The molecule has 1 aromatic carbocycles. The summed E-state index contributed by atoms with van der Waals surface area (Å²) in [5, 5.41) is 9.87. The molecule has 0 aliphatic carbocycles. The predicted octanol–water partition coefficient (Wildman–Crippen LogP) is 4.09. The molecule has 2 aromatic rings. The van der Waals surface area contributed by atoms with Crippen LogP contribution >= 0.6 is 11.8 Å². The van der Waals surface area contributed by atoms with Gasteiger partial charge in [-0.25, -0.2) is 0 Å². The van der Waals surface area contributed by atoms with E-state index in [-0.39, 0.29) is 30.4 Å². The summed E-state index contributed by atoms with van der Waals surface area (Å²) in [6, 6.07) is 10.9. The number of likely N-dealkylation sites (N-methyl/N-ethyl adjacent to an activating group) is 1. The van der Waals surface area contributed by atoms with Gasteiger partial charge in [-0.1, -0.05) is 31.7 Å². The quantitative estimate of drug-likeness (QED) is 0.307. The van der Waals surface area contributed by atoms with Crippen LogP contribution in [0.1, 0.15) is 60.1 Å². The van der Waals surface area contributed by atoms with E-state index in [2.05, 4.69) is 65.7 Å². The summed E-state index contributed by atoms with van der Waals surface area (Å²) in [6.45, 7) is 8.78. The van der Waals surface area contributed by atoms with Crippen molar-refractivity contribution in [3.05, 3.63) is 53.7 Å². The van der Waals surface area contributed by atoms with Crippen LogP contribution in [0.4, 0.5) is 5.82 Å². The molecule has 3 aliphatic heterocycles. The van der Waals surface area contributed by atoms with Crippen molar-refractivity contribution in [3.63, 3.8) is 0 Å². The highest BCUT2D eigenvalue weighted by molar-refractivity contribution is 8.00. The van der Waals surface area contributed by atoms with E-state index in [1.807, 2.05) is 11.8 Å². The van der Waals surface area contributed by atoms with E-state index in [9.17, 15) is 14.9 Å². The third kappa shape index (κ3) is 6.26. The summed E-state index contributed by atoms with van der Waals surface area (Å²) in [4.78, 5) is 41.8. The van der Waals surface area contributed by atoms with E-state index in [0.29, 0.717) is 55.3 Å². The molecule has 0 bridgehead atoms. The number of fused-ring (bicyclic) bond motifs is 1. The highest BCUT2D eigenvalue weighted by atomic mass is 32.2. The van der Waals surface area contributed by atoms with Crippen molar-refractivity contribution in [2.24, 2.45) is 0 Å². The molecule has 2 fully saturated rings. The van der Waals surface area contributed by atoms with Gasteiger partial charge in [-0.05, 0) is 62.9 Å². The topological polar surface area (TPSA) is 103 Å². The summed E-state index contributed by atoms with van der Waals surface area (Å²) in [7, 11) is 2.09. The van der Waals surface area contributed by atoms with Crippen LogP contribution in [0.3, 0.4) is 0 Å². The minimum Gasteiger partial charge on any atom is -0.462 e. The first kappa shape index (κ1) is 29.1. The van der Waals surface area contributed by atoms with Crippen molar-refractivity contribution in [2.75, 3.05) is 44.7 Å². The lowest BCUT2D eigenvalue weighted by Gasteiger charge is -2.41. The Bertz CT molecular complexity index is 1330. The van der Waals surface area contributed by atoms with Gasteiger partial charge >= 0.3 is 6.01 Å². The average Bonchev–Trinajstić information content (AvgIpc) is 3.56. The highest BCUT2D eigenvalue weighted by Crippen LogP contribution is 2.47. The lowest BCUT2D eigenvalue weighted by atomic mass is 9.94. The SMILES string of the molecule is C=CC(=O)N1CCN(c2nc(OCC3CCCN3C)nc(C=O)c2CC[C@@H]2Sc3ccccc3C2C)CC1CC#N. The normalized spacial score (nSPS) is 24.1. The van der Waals surface area contributed by atoms with Crippen LogP contribution < -0.4 is 9.64 Å². The van der Waals surface area contributed by atoms with Gasteiger partial charge in [-0.2, -0.15) is 15.2 Å².